The molecule has 0 fully saturated rings. The fourth-order valence-electron chi connectivity index (χ4n) is 2.70. The van der Waals surface area contributed by atoms with Gasteiger partial charge >= 0.3 is 5.97 Å². The topological polar surface area (TPSA) is 43.4 Å². The average molecular weight is 336 g/mol. The second-order valence-electron chi connectivity index (χ2n) is 6.07. The highest BCUT2D eigenvalue weighted by Gasteiger charge is 2.25. The van der Waals surface area contributed by atoms with Gasteiger partial charge in [0.1, 0.15) is 11.7 Å². The summed E-state index contributed by atoms with van der Waals surface area (Å²) in [6.45, 7) is 5.51. The fraction of sp³-hybridized carbons (Fsp3) is 0.273. The van der Waals surface area contributed by atoms with Crippen LogP contribution in [-0.2, 0) is 20.7 Å². The molecule has 3 nitrogen and oxygen atoms in total. The smallest absolute Gasteiger partial charge is 0.316 e. The summed E-state index contributed by atoms with van der Waals surface area (Å²) in [5.74, 6) is -1.38. The van der Waals surface area contributed by atoms with Gasteiger partial charge in [0, 0.05) is 0 Å². The Bertz CT molecular complexity index is 774. The molecule has 1 unspecified atom stereocenters. The minimum Gasteiger partial charge on any atom is -0.465 e. The highest BCUT2D eigenvalue weighted by atomic mass is 16.5. The van der Waals surface area contributed by atoms with Crippen molar-refractivity contribution in [2.24, 2.45) is 5.92 Å². The van der Waals surface area contributed by atoms with Gasteiger partial charge in [-0.2, -0.15) is 0 Å². The van der Waals surface area contributed by atoms with Crippen LogP contribution in [0.4, 0.5) is 0 Å². The standard InChI is InChI=1S/C22H24O3/c1-4-25-22(24)21(17(3)23)15-20-11-6-5-10-19(20)13-12-18-9-7-8-16(2)14-18/h5-14,21H,4,15H2,1-3H3/b13-12+. The third-order valence-corrected chi connectivity index (χ3v) is 4.04. The average Bonchev–Trinajstić information content (AvgIpc) is 2.58. The van der Waals surface area contributed by atoms with Crippen LogP contribution < -0.4 is 0 Å². The van der Waals surface area contributed by atoms with Crippen molar-refractivity contribution in [3.8, 4) is 0 Å². The molecular formula is C22H24O3. The normalized spacial score (nSPS) is 12.1. The van der Waals surface area contributed by atoms with Crippen LogP contribution in [0.15, 0.2) is 48.5 Å². The minimum atomic E-state index is -0.756. The van der Waals surface area contributed by atoms with Crippen molar-refractivity contribution in [2.75, 3.05) is 6.61 Å². The summed E-state index contributed by atoms with van der Waals surface area (Å²) in [6, 6.07) is 16.0. The van der Waals surface area contributed by atoms with E-state index in [1.807, 2.05) is 48.6 Å². The molecule has 2 rings (SSSR count). The molecule has 0 spiro atoms. The van der Waals surface area contributed by atoms with Gasteiger partial charge in [0.15, 0.2) is 0 Å². The van der Waals surface area contributed by atoms with E-state index in [0.717, 1.165) is 16.7 Å². The van der Waals surface area contributed by atoms with Gasteiger partial charge in [-0.3, -0.25) is 9.59 Å². The molecule has 0 bridgehead atoms. The molecule has 0 radical (unpaired) electrons. The van der Waals surface area contributed by atoms with Crippen LogP contribution in [0.1, 0.15) is 36.1 Å². The molecule has 0 amide bonds. The van der Waals surface area contributed by atoms with Crippen LogP contribution in [0.5, 0.6) is 0 Å². The minimum absolute atomic E-state index is 0.170. The number of rotatable bonds is 7. The zero-order chi connectivity index (χ0) is 18.2. The number of hydrogen-bond donors (Lipinski definition) is 0. The number of esters is 1. The van der Waals surface area contributed by atoms with Crippen LogP contribution in [0.3, 0.4) is 0 Å². The van der Waals surface area contributed by atoms with Crippen LogP contribution in [-0.4, -0.2) is 18.4 Å². The van der Waals surface area contributed by atoms with Gasteiger partial charge in [-0.25, -0.2) is 0 Å². The third-order valence-electron chi connectivity index (χ3n) is 4.04. The predicted octanol–water partition coefficient (Wildman–Crippen LogP) is 4.48. The number of Topliss-reactive ketones (excluding diaryl/α,β-unsaturated/α-hetero) is 1. The van der Waals surface area contributed by atoms with Crippen molar-refractivity contribution in [3.05, 3.63) is 70.8 Å². The van der Waals surface area contributed by atoms with E-state index in [1.165, 1.54) is 12.5 Å². The number of carbonyl (C=O) groups is 2. The molecule has 0 heterocycles. The maximum atomic E-state index is 12.1. The Labute approximate surface area is 149 Å². The summed E-state index contributed by atoms with van der Waals surface area (Å²) in [4.78, 5) is 23.9. The molecule has 0 aliphatic heterocycles. The summed E-state index contributed by atoms with van der Waals surface area (Å²) in [7, 11) is 0. The largest absolute Gasteiger partial charge is 0.465 e. The molecule has 130 valence electrons. The number of carbonyl (C=O) groups excluding carboxylic acids is 2. The van der Waals surface area contributed by atoms with E-state index in [9.17, 15) is 9.59 Å². The first-order valence-electron chi connectivity index (χ1n) is 8.51. The van der Waals surface area contributed by atoms with E-state index >= 15 is 0 Å². The molecule has 2 aromatic carbocycles. The molecule has 0 aromatic heterocycles. The lowest BCUT2D eigenvalue weighted by Crippen LogP contribution is -2.26. The number of benzene rings is 2. The first-order valence-corrected chi connectivity index (χ1v) is 8.51. The van der Waals surface area contributed by atoms with Crippen molar-refractivity contribution < 1.29 is 14.3 Å². The Morgan fingerprint density at radius 1 is 1.08 bits per heavy atom. The van der Waals surface area contributed by atoms with E-state index in [-0.39, 0.29) is 12.4 Å². The van der Waals surface area contributed by atoms with E-state index < -0.39 is 11.9 Å². The van der Waals surface area contributed by atoms with Crippen molar-refractivity contribution >= 4 is 23.9 Å². The zero-order valence-electron chi connectivity index (χ0n) is 15.0. The molecular weight excluding hydrogens is 312 g/mol. The summed E-state index contributed by atoms with van der Waals surface area (Å²) < 4.78 is 5.04. The first-order chi connectivity index (χ1) is 12.0. The lowest BCUT2D eigenvalue weighted by atomic mass is 9.92. The maximum absolute atomic E-state index is 12.1. The molecule has 3 heteroatoms. The molecule has 1 atom stereocenters. The Morgan fingerprint density at radius 2 is 1.84 bits per heavy atom. The van der Waals surface area contributed by atoms with Crippen molar-refractivity contribution in [2.45, 2.75) is 27.2 Å². The van der Waals surface area contributed by atoms with E-state index in [2.05, 4.69) is 19.1 Å². The maximum Gasteiger partial charge on any atom is 0.316 e. The Kier molecular flexibility index (Phi) is 6.70. The van der Waals surface area contributed by atoms with Gasteiger partial charge in [0.2, 0.25) is 0 Å². The Morgan fingerprint density at radius 3 is 2.52 bits per heavy atom. The lowest BCUT2D eigenvalue weighted by Gasteiger charge is -2.14. The van der Waals surface area contributed by atoms with E-state index in [1.54, 1.807) is 6.92 Å². The number of aryl methyl sites for hydroxylation is 1. The first kappa shape index (κ1) is 18.7. The number of hydrogen-bond acceptors (Lipinski definition) is 3. The number of ketones is 1. The molecule has 0 aliphatic rings. The molecule has 25 heavy (non-hydrogen) atoms. The Balaban J connectivity index is 2.25. The lowest BCUT2D eigenvalue weighted by molar-refractivity contribution is -0.151. The van der Waals surface area contributed by atoms with E-state index in [0.29, 0.717) is 6.42 Å². The second-order valence-corrected chi connectivity index (χ2v) is 6.07. The van der Waals surface area contributed by atoms with Crippen LogP contribution in [0, 0.1) is 12.8 Å². The van der Waals surface area contributed by atoms with Crippen LogP contribution in [0.2, 0.25) is 0 Å². The SMILES string of the molecule is CCOC(=O)C(Cc1ccccc1/C=C/c1cccc(C)c1)C(C)=O. The predicted molar refractivity (Wildman–Crippen MR) is 101 cm³/mol. The van der Waals surface area contributed by atoms with Gasteiger partial charge in [0.05, 0.1) is 6.61 Å². The summed E-state index contributed by atoms with van der Waals surface area (Å²) >= 11 is 0. The fourth-order valence-corrected chi connectivity index (χ4v) is 2.70. The van der Waals surface area contributed by atoms with Crippen LogP contribution in [0.25, 0.3) is 12.2 Å². The van der Waals surface area contributed by atoms with Crippen molar-refractivity contribution in [1.82, 2.24) is 0 Å². The molecule has 0 saturated carbocycles. The second kappa shape index (κ2) is 8.97. The van der Waals surface area contributed by atoms with Gasteiger partial charge in [-0.05, 0) is 43.9 Å². The molecule has 2 aromatic rings. The summed E-state index contributed by atoms with van der Waals surface area (Å²) in [5.41, 5.74) is 4.27. The molecule has 0 aliphatic carbocycles. The van der Waals surface area contributed by atoms with Gasteiger partial charge < -0.3 is 4.74 Å². The highest BCUT2D eigenvalue weighted by molar-refractivity contribution is 5.98. The highest BCUT2D eigenvalue weighted by Crippen LogP contribution is 2.19. The third kappa shape index (κ3) is 5.42. The van der Waals surface area contributed by atoms with Crippen molar-refractivity contribution in [3.63, 3.8) is 0 Å². The molecule has 0 saturated heterocycles. The van der Waals surface area contributed by atoms with Gasteiger partial charge in [-0.15, -0.1) is 0 Å². The van der Waals surface area contributed by atoms with Gasteiger partial charge in [-0.1, -0.05) is 66.2 Å². The molecule has 0 N–H and O–H groups in total. The summed E-state index contributed by atoms with van der Waals surface area (Å²) in [6.07, 6.45) is 4.41. The monoisotopic (exact) mass is 336 g/mol. The summed E-state index contributed by atoms with van der Waals surface area (Å²) in [5, 5.41) is 0. The Hall–Kier alpha value is -2.68. The quantitative estimate of drug-likeness (QED) is 0.425. The number of ether oxygens (including phenoxy) is 1. The van der Waals surface area contributed by atoms with Crippen LogP contribution >= 0.6 is 0 Å². The van der Waals surface area contributed by atoms with E-state index in [4.69, 9.17) is 4.74 Å². The zero-order valence-corrected chi connectivity index (χ0v) is 15.0. The van der Waals surface area contributed by atoms with Crippen molar-refractivity contribution in [1.29, 1.82) is 0 Å². The van der Waals surface area contributed by atoms with Gasteiger partial charge in [0.25, 0.3) is 0 Å².